The van der Waals surface area contributed by atoms with Gasteiger partial charge in [-0.25, -0.2) is 8.78 Å². The number of benzene rings is 1. The summed E-state index contributed by atoms with van der Waals surface area (Å²) in [7, 11) is 0. The third-order valence-electron chi connectivity index (χ3n) is 3.91. The number of carbonyl (C=O) groups excluding carboxylic acids is 2. The zero-order chi connectivity index (χ0) is 17.7. The molecule has 1 aliphatic rings. The van der Waals surface area contributed by atoms with Crippen LogP contribution in [-0.4, -0.2) is 42.5 Å². The molecule has 24 heavy (non-hydrogen) atoms. The quantitative estimate of drug-likeness (QED) is 0.774. The molecule has 0 radical (unpaired) electrons. The van der Waals surface area contributed by atoms with Gasteiger partial charge < -0.3 is 15.0 Å². The molecule has 5 nitrogen and oxygen atoms in total. The van der Waals surface area contributed by atoms with E-state index in [0.29, 0.717) is 13.0 Å². The molecule has 1 aliphatic heterocycles. The largest absolute Gasteiger partial charge is 0.492 e. The van der Waals surface area contributed by atoms with Crippen LogP contribution in [0, 0.1) is 17.6 Å². The summed E-state index contributed by atoms with van der Waals surface area (Å²) in [6, 6.07) is 2.76. The third kappa shape index (κ3) is 4.43. The van der Waals surface area contributed by atoms with Crippen molar-refractivity contribution in [3.8, 4) is 5.75 Å². The van der Waals surface area contributed by atoms with Gasteiger partial charge in [0.05, 0.1) is 6.54 Å². The Bertz CT molecular complexity index is 607. The Morgan fingerprint density at radius 1 is 1.33 bits per heavy atom. The van der Waals surface area contributed by atoms with Crippen molar-refractivity contribution in [3.05, 3.63) is 29.8 Å². The summed E-state index contributed by atoms with van der Waals surface area (Å²) in [5.41, 5.74) is 0. The first-order valence-electron chi connectivity index (χ1n) is 8.05. The van der Waals surface area contributed by atoms with Gasteiger partial charge in [0.15, 0.2) is 11.6 Å². The molecule has 0 aromatic heterocycles. The number of carbonyl (C=O) groups is 2. The lowest BCUT2D eigenvalue weighted by Gasteiger charge is -2.29. The van der Waals surface area contributed by atoms with Gasteiger partial charge in [-0.15, -0.1) is 0 Å². The number of amides is 2. The van der Waals surface area contributed by atoms with E-state index in [1.165, 1.54) is 6.07 Å². The molecule has 1 N–H and O–H groups in total. The molecule has 7 heteroatoms. The van der Waals surface area contributed by atoms with Gasteiger partial charge in [0, 0.05) is 19.0 Å². The summed E-state index contributed by atoms with van der Waals surface area (Å²) >= 11 is 0. The highest BCUT2D eigenvalue weighted by Gasteiger charge is 2.34. The van der Waals surface area contributed by atoms with Crippen LogP contribution in [0.2, 0.25) is 0 Å². The van der Waals surface area contributed by atoms with Crippen LogP contribution in [0.5, 0.6) is 5.75 Å². The van der Waals surface area contributed by atoms with Crippen LogP contribution in [-0.2, 0) is 9.59 Å². The van der Waals surface area contributed by atoms with Crippen LogP contribution >= 0.6 is 0 Å². The summed E-state index contributed by atoms with van der Waals surface area (Å²) in [4.78, 5) is 25.8. The average Bonchev–Trinajstić information content (AvgIpc) is 2.93. The van der Waals surface area contributed by atoms with Gasteiger partial charge in [-0.1, -0.05) is 13.8 Å². The van der Waals surface area contributed by atoms with E-state index in [4.69, 9.17) is 4.74 Å². The van der Waals surface area contributed by atoms with Crippen molar-refractivity contribution >= 4 is 11.8 Å². The number of likely N-dealkylation sites (tertiary alicyclic amines) is 1. The highest BCUT2D eigenvalue weighted by atomic mass is 19.2. The molecular weight excluding hydrogens is 318 g/mol. The maximum absolute atomic E-state index is 13.1. The highest BCUT2D eigenvalue weighted by molar-refractivity contribution is 5.88. The van der Waals surface area contributed by atoms with Gasteiger partial charge in [0.1, 0.15) is 18.4 Å². The van der Waals surface area contributed by atoms with Crippen molar-refractivity contribution in [2.75, 3.05) is 19.7 Å². The van der Waals surface area contributed by atoms with E-state index >= 15 is 0 Å². The molecule has 1 heterocycles. The first-order valence-corrected chi connectivity index (χ1v) is 8.05. The highest BCUT2D eigenvalue weighted by Crippen LogP contribution is 2.19. The molecule has 1 saturated heterocycles. The van der Waals surface area contributed by atoms with Crippen molar-refractivity contribution in [3.63, 3.8) is 0 Å². The Morgan fingerprint density at radius 2 is 2.08 bits per heavy atom. The summed E-state index contributed by atoms with van der Waals surface area (Å²) in [6.07, 6.45) is 1.25. The summed E-state index contributed by atoms with van der Waals surface area (Å²) in [5.74, 6) is -1.96. The maximum Gasteiger partial charge on any atom is 0.243 e. The monoisotopic (exact) mass is 340 g/mol. The molecule has 0 aliphatic carbocycles. The number of halogens is 2. The first-order chi connectivity index (χ1) is 11.4. The van der Waals surface area contributed by atoms with Gasteiger partial charge in [-0.3, -0.25) is 9.59 Å². The Hall–Kier alpha value is -2.18. The topological polar surface area (TPSA) is 58.6 Å². The fourth-order valence-corrected chi connectivity index (χ4v) is 2.78. The van der Waals surface area contributed by atoms with Crippen molar-refractivity contribution in [2.45, 2.75) is 32.7 Å². The molecule has 0 bridgehead atoms. The van der Waals surface area contributed by atoms with E-state index in [1.807, 2.05) is 13.8 Å². The van der Waals surface area contributed by atoms with E-state index in [9.17, 15) is 18.4 Å². The van der Waals surface area contributed by atoms with E-state index in [1.54, 1.807) is 4.90 Å². The maximum atomic E-state index is 13.1. The van der Waals surface area contributed by atoms with Crippen LogP contribution in [0.1, 0.15) is 26.7 Å². The molecule has 0 unspecified atom stereocenters. The normalized spacial score (nSPS) is 15.7. The van der Waals surface area contributed by atoms with Crippen LogP contribution in [0.15, 0.2) is 18.2 Å². The van der Waals surface area contributed by atoms with Gasteiger partial charge in [-0.2, -0.15) is 0 Å². The minimum Gasteiger partial charge on any atom is -0.492 e. The van der Waals surface area contributed by atoms with Crippen LogP contribution in [0.25, 0.3) is 0 Å². The molecule has 1 fully saturated rings. The Morgan fingerprint density at radius 3 is 2.67 bits per heavy atom. The first kappa shape index (κ1) is 18.2. The lowest BCUT2D eigenvalue weighted by atomic mass is 10.0. The molecule has 0 saturated carbocycles. The van der Waals surface area contributed by atoms with Gasteiger partial charge in [0.2, 0.25) is 11.8 Å². The number of hydrogen-bond acceptors (Lipinski definition) is 3. The molecule has 1 aromatic carbocycles. The fraction of sp³-hybridized carbons (Fsp3) is 0.529. The summed E-state index contributed by atoms with van der Waals surface area (Å²) in [5, 5.41) is 2.73. The van der Waals surface area contributed by atoms with Crippen molar-refractivity contribution in [1.29, 1.82) is 0 Å². The minimum atomic E-state index is -0.982. The molecule has 2 rings (SSSR count). The zero-order valence-corrected chi connectivity index (χ0v) is 13.9. The number of ether oxygens (including phenoxy) is 1. The Kier molecular flexibility index (Phi) is 6.11. The van der Waals surface area contributed by atoms with Crippen molar-refractivity contribution in [2.24, 2.45) is 5.92 Å². The van der Waals surface area contributed by atoms with Gasteiger partial charge in [-0.05, 0) is 24.5 Å². The molecule has 1 atom stereocenters. The van der Waals surface area contributed by atoms with Crippen LogP contribution < -0.4 is 10.1 Å². The molecule has 1 aromatic rings. The minimum absolute atomic E-state index is 0.000775. The predicted molar refractivity (Wildman–Crippen MR) is 84.4 cm³/mol. The average molecular weight is 340 g/mol. The van der Waals surface area contributed by atoms with E-state index < -0.39 is 17.7 Å². The second-order valence-corrected chi connectivity index (χ2v) is 6.09. The van der Waals surface area contributed by atoms with Gasteiger partial charge >= 0.3 is 0 Å². The van der Waals surface area contributed by atoms with Crippen LogP contribution in [0.3, 0.4) is 0 Å². The SMILES string of the molecule is CC(C)[C@@H](C(=O)NCCOc1ccc(F)c(F)c1)N1CCCC1=O. The number of nitrogens with zero attached hydrogens (tertiary/aromatic N) is 1. The lowest BCUT2D eigenvalue weighted by molar-refractivity contribution is -0.139. The zero-order valence-electron chi connectivity index (χ0n) is 13.9. The number of nitrogens with one attached hydrogen (secondary N) is 1. The van der Waals surface area contributed by atoms with Gasteiger partial charge in [0.25, 0.3) is 0 Å². The smallest absolute Gasteiger partial charge is 0.243 e. The van der Waals surface area contributed by atoms with E-state index in [-0.39, 0.29) is 36.6 Å². The standard InChI is InChI=1S/C17H22F2N2O3/c1-11(2)16(21-8-3-4-15(21)22)17(23)20-7-9-24-12-5-6-13(18)14(19)10-12/h5-6,10-11,16H,3-4,7-9H2,1-2H3,(H,20,23)/t16-/m0/s1. The van der Waals surface area contributed by atoms with E-state index in [2.05, 4.69) is 5.32 Å². The third-order valence-corrected chi connectivity index (χ3v) is 3.91. The van der Waals surface area contributed by atoms with Crippen LogP contribution in [0.4, 0.5) is 8.78 Å². The Labute approximate surface area is 140 Å². The molecule has 2 amide bonds. The molecule has 0 spiro atoms. The number of hydrogen-bond donors (Lipinski definition) is 1. The fourth-order valence-electron chi connectivity index (χ4n) is 2.78. The summed E-state index contributed by atoms with van der Waals surface area (Å²) < 4.78 is 31.2. The summed E-state index contributed by atoms with van der Waals surface area (Å²) in [6.45, 7) is 4.72. The van der Waals surface area contributed by atoms with Crippen molar-refractivity contribution in [1.82, 2.24) is 10.2 Å². The molecular formula is C17H22F2N2O3. The second-order valence-electron chi connectivity index (χ2n) is 6.09. The van der Waals surface area contributed by atoms with Crippen molar-refractivity contribution < 1.29 is 23.1 Å². The lowest BCUT2D eigenvalue weighted by Crippen LogP contribution is -2.51. The second kappa shape index (κ2) is 8.08. The van der Waals surface area contributed by atoms with E-state index in [0.717, 1.165) is 18.6 Å². The predicted octanol–water partition coefficient (Wildman–Crippen LogP) is 2.11. The Balaban J connectivity index is 1.82. The molecule has 132 valence electrons. The number of rotatable bonds is 7.